The van der Waals surface area contributed by atoms with Crippen LogP contribution < -0.4 is 0 Å². The Bertz CT molecular complexity index is 1240. The molecule has 0 bridgehead atoms. The number of nitrogens with zero attached hydrogens (tertiary/aromatic N) is 1. The maximum Gasteiger partial charge on any atom is 0.0582 e. The molecule has 1 heterocycles. The van der Waals surface area contributed by atoms with Crippen molar-refractivity contribution in [3.8, 4) is 5.69 Å². The Morgan fingerprint density at radius 3 is 2.12 bits per heavy atom. The van der Waals surface area contributed by atoms with Crippen molar-refractivity contribution < 1.29 is 0 Å². The number of hydrogen-bond donors (Lipinski definition) is 0. The Balaban J connectivity index is 2.12. The number of rotatable bonds is 2. The first-order valence-corrected chi connectivity index (χ1v) is 9.26. The lowest BCUT2D eigenvalue weighted by atomic mass is 9.94. The van der Waals surface area contributed by atoms with E-state index in [0.29, 0.717) is 5.92 Å². The molecule has 0 aliphatic heterocycles. The molecule has 126 valence electrons. The highest BCUT2D eigenvalue weighted by atomic mass is 15.0. The molecule has 0 atom stereocenters. The van der Waals surface area contributed by atoms with Gasteiger partial charge in [0.15, 0.2) is 0 Å². The fraction of sp³-hybridized carbons (Fsp3) is 0.120. The first kappa shape index (κ1) is 15.2. The number of para-hydroxylation sites is 2. The van der Waals surface area contributed by atoms with Crippen molar-refractivity contribution in [3.05, 3.63) is 90.5 Å². The molecule has 1 aromatic heterocycles. The van der Waals surface area contributed by atoms with Crippen molar-refractivity contribution in [3.63, 3.8) is 0 Å². The largest absolute Gasteiger partial charge is 0.309 e. The van der Waals surface area contributed by atoms with Gasteiger partial charge in [0.25, 0.3) is 0 Å². The van der Waals surface area contributed by atoms with Crippen LogP contribution >= 0.6 is 0 Å². The molecule has 0 saturated carbocycles. The first-order chi connectivity index (χ1) is 12.8. The summed E-state index contributed by atoms with van der Waals surface area (Å²) in [4.78, 5) is 0. The van der Waals surface area contributed by atoms with E-state index < -0.39 is 0 Å². The second kappa shape index (κ2) is 5.74. The molecule has 0 aliphatic carbocycles. The Kier molecular flexibility index (Phi) is 3.36. The van der Waals surface area contributed by atoms with Crippen LogP contribution in [0.15, 0.2) is 84.9 Å². The van der Waals surface area contributed by atoms with E-state index in [1.165, 1.54) is 43.8 Å². The zero-order valence-corrected chi connectivity index (χ0v) is 15.1. The summed E-state index contributed by atoms with van der Waals surface area (Å²) in [6.07, 6.45) is 0. The van der Waals surface area contributed by atoms with Crippen molar-refractivity contribution in [1.29, 1.82) is 0 Å². The quantitative estimate of drug-likeness (QED) is 0.325. The third kappa shape index (κ3) is 2.10. The Morgan fingerprint density at radius 2 is 1.35 bits per heavy atom. The monoisotopic (exact) mass is 335 g/mol. The van der Waals surface area contributed by atoms with Crippen molar-refractivity contribution in [2.45, 2.75) is 19.8 Å². The number of fused-ring (bicyclic) bond motifs is 5. The maximum atomic E-state index is 2.44. The second-order valence-corrected chi connectivity index (χ2v) is 7.25. The average Bonchev–Trinajstić information content (AvgIpc) is 3.03. The van der Waals surface area contributed by atoms with Gasteiger partial charge in [0.05, 0.1) is 11.0 Å². The summed E-state index contributed by atoms with van der Waals surface area (Å²) in [7, 11) is 0. The van der Waals surface area contributed by atoms with Crippen molar-refractivity contribution in [2.24, 2.45) is 0 Å². The standard InChI is InChI=1S/C25H21N/c1-17(2)22-16-18-10-6-7-13-20(18)24-21-14-8-9-15-23(21)26(25(22)24)19-11-4-3-5-12-19/h3-17H,1-2H3. The number of hydrogen-bond acceptors (Lipinski definition) is 0. The Hall–Kier alpha value is -3.06. The molecule has 26 heavy (non-hydrogen) atoms. The van der Waals surface area contributed by atoms with Gasteiger partial charge in [0.1, 0.15) is 0 Å². The van der Waals surface area contributed by atoms with Crippen LogP contribution in [0.25, 0.3) is 38.3 Å². The van der Waals surface area contributed by atoms with E-state index in [1.54, 1.807) is 0 Å². The lowest BCUT2D eigenvalue weighted by Crippen LogP contribution is -1.98. The van der Waals surface area contributed by atoms with Crippen LogP contribution in [-0.4, -0.2) is 4.57 Å². The highest BCUT2D eigenvalue weighted by molar-refractivity contribution is 6.22. The van der Waals surface area contributed by atoms with Gasteiger partial charge in [-0.15, -0.1) is 0 Å². The van der Waals surface area contributed by atoms with E-state index in [-0.39, 0.29) is 0 Å². The highest BCUT2D eigenvalue weighted by Gasteiger charge is 2.19. The predicted octanol–water partition coefficient (Wildman–Crippen LogP) is 7.06. The molecule has 4 aromatic carbocycles. The molecule has 0 saturated heterocycles. The molecule has 5 rings (SSSR count). The van der Waals surface area contributed by atoms with E-state index in [2.05, 4.69) is 103 Å². The zero-order valence-electron chi connectivity index (χ0n) is 15.1. The van der Waals surface area contributed by atoms with Gasteiger partial charge in [0.2, 0.25) is 0 Å². The molecular formula is C25H21N. The molecule has 0 spiro atoms. The van der Waals surface area contributed by atoms with E-state index in [1.807, 2.05) is 0 Å². The summed E-state index contributed by atoms with van der Waals surface area (Å²) in [5, 5.41) is 5.34. The smallest absolute Gasteiger partial charge is 0.0582 e. The summed E-state index contributed by atoms with van der Waals surface area (Å²) in [6, 6.07) is 30.6. The normalized spacial score (nSPS) is 11.8. The minimum absolute atomic E-state index is 0.453. The van der Waals surface area contributed by atoms with Crippen molar-refractivity contribution in [1.82, 2.24) is 4.57 Å². The van der Waals surface area contributed by atoms with Gasteiger partial charge >= 0.3 is 0 Å². The molecule has 0 radical (unpaired) electrons. The molecule has 1 nitrogen and oxygen atoms in total. The topological polar surface area (TPSA) is 4.93 Å². The molecule has 1 heteroatoms. The van der Waals surface area contributed by atoms with Gasteiger partial charge < -0.3 is 4.57 Å². The van der Waals surface area contributed by atoms with Gasteiger partial charge in [-0.2, -0.15) is 0 Å². The van der Waals surface area contributed by atoms with E-state index in [4.69, 9.17) is 0 Å². The van der Waals surface area contributed by atoms with Crippen molar-refractivity contribution >= 4 is 32.6 Å². The predicted molar refractivity (Wildman–Crippen MR) is 112 cm³/mol. The first-order valence-electron chi connectivity index (χ1n) is 9.26. The summed E-state index contributed by atoms with van der Waals surface area (Å²) in [6.45, 7) is 4.58. The van der Waals surface area contributed by atoms with Crippen LogP contribution in [-0.2, 0) is 0 Å². The van der Waals surface area contributed by atoms with E-state index in [0.717, 1.165) is 0 Å². The summed E-state index contributed by atoms with van der Waals surface area (Å²) in [5.74, 6) is 0.453. The Labute approximate surface area is 153 Å². The summed E-state index contributed by atoms with van der Waals surface area (Å²) >= 11 is 0. The lowest BCUT2D eigenvalue weighted by molar-refractivity contribution is 0.871. The number of benzene rings is 4. The van der Waals surface area contributed by atoms with Crippen molar-refractivity contribution in [2.75, 3.05) is 0 Å². The van der Waals surface area contributed by atoms with Gasteiger partial charge in [-0.3, -0.25) is 0 Å². The number of aromatic nitrogens is 1. The van der Waals surface area contributed by atoms with Crippen LogP contribution in [0.5, 0.6) is 0 Å². The molecule has 5 aromatic rings. The van der Waals surface area contributed by atoms with Crippen LogP contribution in [0, 0.1) is 0 Å². The van der Waals surface area contributed by atoms with Crippen LogP contribution in [0.4, 0.5) is 0 Å². The highest BCUT2D eigenvalue weighted by Crippen LogP contribution is 2.40. The lowest BCUT2D eigenvalue weighted by Gasteiger charge is -2.15. The fourth-order valence-electron chi connectivity index (χ4n) is 4.16. The van der Waals surface area contributed by atoms with Gasteiger partial charge in [-0.1, -0.05) is 74.5 Å². The van der Waals surface area contributed by atoms with Crippen LogP contribution in [0.3, 0.4) is 0 Å². The average molecular weight is 335 g/mol. The molecular weight excluding hydrogens is 314 g/mol. The van der Waals surface area contributed by atoms with Crippen LogP contribution in [0.1, 0.15) is 25.3 Å². The van der Waals surface area contributed by atoms with Gasteiger partial charge in [0, 0.05) is 16.5 Å². The van der Waals surface area contributed by atoms with Gasteiger partial charge in [-0.05, 0) is 46.5 Å². The minimum Gasteiger partial charge on any atom is -0.309 e. The molecule has 0 fully saturated rings. The zero-order chi connectivity index (χ0) is 17.7. The molecule has 0 aliphatic rings. The third-order valence-electron chi connectivity index (χ3n) is 5.33. The minimum atomic E-state index is 0.453. The molecule has 0 unspecified atom stereocenters. The maximum absolute atomic E-state index is 2.44. The van der Waals surface area contributed by atoms with Gasteiger partial charge in [-0.25, -0.2) is 0 Å². The summed E-state index contributed by atoms with van der Waals surface area (Å²) < 4.78 is 2.44. The Morgan fingerprint density at radius 1 is 0.692 bits per heavy atom. The fourth-order valence-corrected chi connectivity index (χ4v) is 4.16. The summed E-state index contributed by atoms with van der Waals surface area (Å²) in [5.41, 5.74) is 5.23. The SMILES string of the molecule is CC(C)c1cc2ccccc2c2c3ccccc3n(-c3ccccc3)c12. The molecule has 0 amide bonds. The van der Waals surface area contributed by atoms with E-state index in [9.17, 15) is 0 Å². The second-order valence-electron chi connectivity index (χ2n) is 7.25. The third-order valence-corrected chi connectivity index (χ3v) is 5.33. The van der Waals surface area contributed by atoms with E-state index >= 15 is 0 Å². The molecule has 0 N–H and O–H groups in total. The van der Waals surface area contributed by atoms with Crippen LogP contribution in [0.2, 0.25) is 0 Å².